The van der Waals surface area contributed by atoms with Gasteiger partial charge in [0, 0.05) is 23.3 Å². The molecule has 3 rings (SSSR count). The van der Waals surface area contributed by atoms with E-state index in [1.807, 2.05) is 0 Å². The molecule has 9 nitrogen and oxygen atoms in total. The van der Waals surface area contributed by atoms with Crippen molar-refractivity contribution in [1.29, 1.82) is 0 Å². The predicted octanol–water partition coefficient (Wildman–Crippen LogP) is 2.78. The average Bonchev–Trinajstić information content (AvgIpc) is 2.81. The Morgan fingerprint density at radius 1 is 0.969 bits per heavy atom. The number of benzene rings is 2. The highest BCUT2D eigenvalue weighted by molar-refractivity contribution is 5.97. The third kappa shape index (κ3) is 4.22. The summed E-state index contributed by atoms with van der Waals surface area (Å²) in [7, 11) is 5.57. The predicted molar refractivity (Wildman–Crippen MR) is 117 cm³/mol. The highest BCUT2D eigenvalue weighted by atomic mass is 16.5. The monoisotopic (exact) mass is 441 g/mol. The van der Waals surface area contributed by atoms with Crippen LogP contribution in [0.25, 0.3) is 22.3 Å². The first-order valence-electron chi connectivity index (χ1n) is 9.60. The van der Waals surface area contributed by atoms with E-state index >= 15 is 0 Å². The summed E-state index contributed by atoms with van der Waals surface area (Å²) in [6.45, 7) is 1.52. The summed E-state index contributed by atoms with van der Waals surface area (Å²) in [4.78, 5) is 37.0. The third-order valence-corrected chi connectivity index (χ3v) is 4.83. The highest BCUT2D eigenvalue weighted by Gasteiger charge is 2.21. The number of amides is 1. The van der Waals surface area contributed by atoms with E-state index in [0.717, 1.165) is 0 Å². The molecule has 1 heterocycles. The minimum atomic E-state index is -0.815. The van der Waals surface area contributed by atoms with Crippen LogP contribution >= 0.6 is 0 Å². The molecule has 3 aromatic rings. The van der Waals surface area contributed by atoms with Crippen LogP contribution in [0.4, 0.5) is 0 Å². The van der Waals surface area contributed by atoms with Gasteiger partial charge in [-0.3, -0.25) is 9.59 Å². The number of esters is 1. The Morgan fingerprint density at radius 3 is 2.31 bits per heavy atom. The number of carbonyl (C=O) groups excluding carboxylic acids is 2. The first-order chi connectivity index (χ1) is 15.3. The molecule has 0 saturated carbocycles. The van der Waals surface area contributed by atoms with Gasteiger partial charge in [-0.25, -0.2) is 4.79 Å². The maximum absolute atomic E-state index is 12.9. The maximum atomic E-state index is 12.9. The molecule has 0 bridgehead atoms. The minimum Gasteiger partial charge on any atom is -0.493 e. The van der Waals surface area contributed by atoms with E-state index in [4.69, 9.17) is 18.6 Å². The molecule has 2 aromatic carbocycles. The van der Waals surface area contributed by atoms with Gasteiger partial charge in [0.25, 0.3) is 5.91 Å². The number of methoxy groups -OCH3 is 4. The molecule has 0 aliphatic carbocycles. The van der Waals surface area contributed by atoms with Crippen LogP contribution in [0.2, 0.25) is 0 Å². The Labute approximate surface area is 183 Å². The number of ether oxygens (including phenoxy) is 4. The topological polar surface area (TPSA) is 113 Å². The van der Waals surface area contributed by atoms with Crippen molar-refractivity contribution >= 4 is 22.8 Å². The molecule has 1 atom stereocenters. The largest absolute Gasteiger partial charge is 0.493 e. The molecule has 0 unspecified atom stereocenters. The van der Waals surface area contributed by atoms with Crippen LogP contribution in [0.1, 0.15) is 17.3 Å². The lowest BCUT2D eigenvalue weighted by molar-refractivity contribution is -0.142. The van der Waals surface area contributed by atoms with Crippen LogP contribution in [0, 0.1) is 0 Å². The van der Waals surface area contributed by atoms with Crippen LogP contribution in [0.5, 0.6) is 17.2 Å². The van der Waals surface area contributed by atoms with Crippen molar-refractivity contribution in [3.63, 3.8) is 0 Å². The summed E-state index contributed by atoms with van der Waals surface area (Å²) < 4.78 is 26.6. The lowest BCUT2D eigenvalue weighted by Crippen LogP contribution is -2.39. The van der Waals surface area contributed by atoms with Gasteiger partial charge in [0.1, 0.15) is 22.8 Å². The standard InChI is InChI=1S/C23H23NO8/c1-12(23(27)31-5)24-22(26)14-8-6-7-13(9-14)16-10-15(25)19-17(32-16)11-18(28-2)20(29-3)21(19)30-4/h6-12H,1-5H3,(H,24,26)/t12-/m0/s1. The minimum absolute atomic E-state index is 0.201. The highest BCUT2D eigenvalue weighted by Crippen LogP contribution is 2.42. The molecular formula is C23H23NO8. The second-order valence-corrected chi connectivity index (χ2v) is 6.79. The van der Waals surface area contributed by atoms with E-state index in [1.165, 1.54) is 47.5 Å². The van der Waals surface area contributed by atoms with Gasteiger partial charge in [-0.05, 0) is 19.1 Å². The van der Waals surface area contributed by atoms with Gasteiger partial charge < -0.3 is 28.7 Å². The van der Waals surface area contributed by atoms with Gasteiger partial charge in [0.15, 0.2) is 16.9 Å². The zero-order valence-corrected chi connectivity index (χ0v) is 18.3. The normalized spacial score (nSPS) is 11.5. The van der Waals surface area contributed by atoms with E-state index in [9.17, 15) is 14.4 Å². The lowest BCUT2D eigenvalue weighted by atomic mass is 10.1. The van der Waals surface area contributed by atoms with Crippen molar-refractivity contribution in [2.75, 3.05) is 28.4 Å². The van der Waals surface area contributed by atoms with Gasteiger partial charge in [0.2, 0.25) is 5.75 Å². The van der Waals surface area contributed by atoms with Crippen LogP contribution in [0.15, 0.2) is 45.6 Å². The summed E-state index contributed by atoms with van der Waals surface area (Å²) in [6, 6.07) is 8.51. The third-order valence-electron chi connectivity index (χ3n) is 4.83. The summed E-state index contributed by atoms with van der Waals surface area (Å²) >= 11 is 0. The fourth-order valence-electron chi connectivity index (χ4n) is 3.26. The lowest BCUT2D eigenvalue weighted by Gasteiger charge is -2.14. The fraction of sp³-hybridized carbons (Fsp3) is 0.261. The van der Waals surface area contributed by atoms with E-state index < -0.39 is 17.9 Å². The van der Waals surface area contributed by atoms with Crippen LogP contribution in [-0.4, -0.2) is 46.4 Å². The number of nitrogens with one attached hydrogen (secondary N) is 1. The molecule has 1 amide bonds. The van der Waals surface area contributed by atoms with Crippen LogP contribution in [-0.2, 0) is 9.53 Å². The molecule has 168 valence electrons. The first kappa shape index (κ1) is 22.7. The molecule has 9 heteroatoms. The van der Waals surface area contributed by atoms with Crippen molar-refractivity contribution < 1.29 is 33.0 Å². The van der Waals surface area contributed by atoms with Crippen LogP contribution < -0.4 is 25.0 Å². The van der Waals surface area contributed by atoms with Crippen molar-refractivity contribution in [3.8, 4) is 28.6 Å². The number of fused-ring (bicyclic) bond motifs is 1. The Bertz CT molecular complexity index is 1230. The molecule has 1 N–H and O–H groups in total. The second kappa shape index (κ2) is 9.42. The summed E-state index contributed by atoms with van der Waals surface area (Å²) in [5, 5.41) is 2.76. The molecule has 1 aromatic heterocycles. The van der Waals surface area contributed by atoms with E-state index in [2.05, 4.69) is 10.1 Å². The fourth-order valence-corrected chi connectivity index (χ4v) is 3.26. The zero-order chi connectivity index (χ0) is 23.4. The molecule has 0 aliphatic rings. The quantitative estimate of drug-likeness (QED) is 0.557. The number of hydrogen-bond donors (Lipinski definition) is 1. The molecule has 0 aliphatic heterocycles. The Hall–Kier alpha value is -4.01. The van der Waals surface area contributed by atoms with Gasteiger partial charge in [-0.2, -0.15) is 0 Å². The van der Waals surface area contributed by atoms with E-state index in [0.29, 0.717) is 11.3 Å². The van der Waals surface area contributed by atoms with Gasteiger partial charge in [-0.15, -0.1) is 0 Å². The summed E-state index contributed by atoms with van der Waals surface area (Å²) in [5.41, 5.74) is 0.659. The first-order valence-corrected chi connectivity index (χ1v) is 9.60. The molecule has 0 spiro atoms. The van der Waals surface area contributed by atoms with Gasteiger partial charge in [0.05, 0.1) is 28.4 Å². The summed E-state index contributed by atoms with van der Waals surface area (Å²) in [6.07, 6.45) is 0. The SMILES string of the molecule is COC(=O)[C@H](C)NC(=O)c1cccc(-c2cc(=O)c3c(OC)c(OC)c(OC)cc3o2)c1. The molecular weight excluding hydrogens is 418 g/mol. The molecule has 0 fully saturated rings. The number of rotatable bonds is 7. The Balaban J connectivity index is 2.07. The smallest absolute Gasteiger partial charge is 0.328 e. The van der Waals surface area contributed by atoms with E-state index in [-0.39, 0.29) is 39.2 Å². The Kier molecular flexibility index (Phi) is 6.67. The van der Waals surface area contributed by atoms with Gasteiger partial charge >= 0.3 is 5.97 Å². The Morgan fingerprint density at radius 2 is 1.69 bits per heavy atom. The molecule has 0 saturated heterocycles. The van der Waals surface area contributed by atoms with Crippen molar-refractivity contribution in [2.24, 2.45) is 0 Å². The van der Waals surface area contributed by atoms with Crippen molar-refractivity contribution in [2.45, 2.75) is 13.0 Å². The van der Waals surface area contributed by atoms with E-state index in [1.54, 1.807) is 24.3 Å². The van der Waals surface area contributed by atoms with Crippen molar-refractivity contribution in [3.05, 3.63) is 52.2 Å². The number of hydrogen-bond acceptors (Lipinski definition) is 8. The van der Waals surface area contributed by atoms with Gasteiger partial charge in [-0.1, -0.05) is 12.1 Å². The summed E-state index contributed by atoms with van der Waals surface area (Å²) in [5.74, 6) is 0.0249. The maximum Gasteiger partial charge on any atom is 0.328 e. The molecule has 0 radical (unpaired) electrons. The molecule has 32 heavy (non-hydrogen) atoms. The zero-order valence-electron chi connectivity index (χ0n) is 18.3. The average molecular weight is 441 g/mol. The van der Waals surface area contributed by atoms with Crippen LogP contribution in [0.3, 0.4) is 0 Å². The number of carbonyl (C=O) groups is 2. The van der Waals surface area contributed by atoms with Crippen molar-refractivity contribution in [1.82, 2.24) is 5.32 Å². The second-order valence-electron chi connectivity index (χ2n) is 6.79.